The normalized spacial score (nSPS) is 25.9. The van der Waals surface area contributed by atoms with E-state index in [0.29, 0.717) is 17.8 Å². The zero-order valence-corrected chi connectivity index (χ0v) is 19.9. The van der Waals surface area contributed by atoms with Crippen LogP contribution in [0.25, 0.3) is 5.65 Å². The van der Waals surface area contributed by atoms with Gasteiger partial charge in [0.15, 0.2) is 5.65 Å². The first kappa shape index (κ1) is 24.3. The molecule has 0 aromatic carbocycles. The number of nitrogens with two attached hydrogens (primary N) is 1. The van der Waals surface area contributed by atoms with Gasteiger partial charge in [-0.2, -0.15) is 10.4 Å². The Morgan fingerprint density at radius 2 is 2.03 bits per heavy atom. The highest BCUT2D eigenvalue weighted by atomic mass is 19.3. The van der Waals surface area contributed by atoms with Gasteiger partial charge in [0.2, 0.25) is 5.92 Å². The summed E-state index contributed by atoms with van der Waals surface area (Å²) in [4.78, 5) is 17.0. The summed E-state index contributed by atoms with van der Waals surface area (Å²) in [6, 6.07) is 4.07. The fraction of sp³-hybridized carbons (Fsp3) is 0.667. The Bertz CT molecular complexity index is 1110. The molecule has 2 aromatic rings. The Morgan fingerprint density at radius 1 is 1.32 bits per heavy atom. The van der Waals surface area contributed by atoms with E-state index in [1.807, 2.05) is 26.8 Å². The predicted octanol–water partition coefficient (Wildman–Crippen LogP) is 3.87. The first-order valence-corrected chi connectivity index (χ1v) is 11.7. The molecule has 2 aromatic heterocycles. The molecule has 0 bridgehead atoms. The van der Waals surface area contributed by atoms with Gasteiger partial charge in [0, 0.05) is 29.8 Å². The zero-order valence-electron chi connectivity index (χ0n) is 19.9. The van der Waals surface area contributed by atoms with Crippen LogP contribution in [0.1, 0.15) is 70.6 Å². The van der Waals surface area contributed by atoms with Crippen molar-refractivity contribution in [1.82, 2.24) is 19.9 Å². The summed E-state index contributed by atoms with van der Waals surface area (Å²) >= 11 is 0. The number of hydrogen-bond donors (Lipinski definition) is 2. The minimum atomic E-state index is -2.74. The molecule has 8 nitrogen and oxygen atoms in total. The Balaban J connectivity index is 1.59. The van der Waals surface area contributed by atoms with Crippen LogP contribution in [-0.4, -0.2) is 44.8 Å². The highest BCUT2D eigenvalue weighted by Crippen LogP contribution is 2.46. The molecular formula is C24H32F2N6O2. The van der Waals surface area contributed by atoms with Crippen LogP contribution in [0.15, 0.2) is 18.5 Å². The highest BCUT2D eigenvalue weighted by molar-refractivity contribution is 5.68. The molecule has 10 heteroatoms. The van der Waals surface area contributed by atoms with E-state index in [0.717, 1.165) is 18.4 Å². The van der Waals surface area contributed by atoms with Gasteiger partial charge in [-0.25, -0.2) is 23.1 Å². The number of fused-ring (bicyclic) bond motifs is 1. The van der Waals surface area contributed by atoms with E-state index >= 15 is 0 Å². The van der Waals surface area contributed by atoms with Crippen LogP contribution < -0.4 is 11.1 Å². The molecule has 1 amide bonds. The van der Waals surface area contributed by atoms with Crippen LogP contribution in [-0.2, 0) is 16.6 Å². The van der Waals surface area contributed by atoms with Crippen molar-refractivity contribution in [1.29, 1.82) is 5.26 Å². The quantitative estimate of drug-likeness (QED) is 0.679. The van der Waals surface area contributed by atoms with Crippen molar-refractivity contribution in [2.75, 3.05) is 6.61 Å². The Labute approximate surface area is 197 Å². The summed E-state index contributed by atoms with van der Waals surface area (Å²) in [6.07, 6.45) is 4.58. The van der Waals surface area contributed by atoms with Crippen LogP contribution in [0.2, 0.25) is 0 Å². The molecule has 0 radical (unpaired) electrons. The highest BCUT2D eigenvalue weighted by Gasteiger charge is 2.47. The van der Waals surface area contributed by atoms with E-state index in [9.17, 15) is 18.8 Å². The lowest BCUT2D eigenvalue weighted by Crippen LogP contribution is -2.51. The maximum absolute atomic E-state index is 14.0. The summed E-state index contributed by atoms with van der Waals surface area (Å²) in [7, 11) is 0. The lowest BCUT2D eigenvalue weighted by atomic mass is 9.63. The first-order chi connectivity index (χ1) is 15.9. The molecule has 2 saturated carbocycles. The molecular weight excluding hydrogens is 442 g/mol. The third-order valence-electron chi connectivity index (χ3n) is 7.17. The van der Waals surface area contributed by atoms with Gasteiger partial charge in [-0.05, 0) is 64.5 Å². The molecule has 0 spiro atoms. The van der Waals surface area contributed by atoms with Crippen molar-refractivity contribution < 1.29 is 18.3 Å². The number of nitrogens with zero attached hydrogens (tertiary/aromatic N) is 4. The molecule has 2 heterocycles. The molecule has 3 N–H and O–H groups in total. The average molecular weight is 475 g/mol. The maximum atomic E-state index is 14.0. The summed E-state index contributed by atoms with van der Waals surface area (Å²) in [5.41, 5.74) is 6.20. The fourth-order valence-electron chi connectivity index (χ4n) is 4.80. The molecule has 2 fully saturated rings. The third-order valence-corrected chi connectivity index (χ3v) is 7.17. The largest absolute Gasteiger partial charge is 0.449 e. The topological polar surface area (TPSA) is 118 Å². The summed E-state index contributed by atoms with van der Waals surface area (Å²) in [5, 5.41) is 16.8. The van der Waals surface area contributed by atoms with E-state index in [1.54, 1.807) is 16.9 Å². The van der Waals surface area contributed by atoms with Gasteiger partial charge in [0.1, 0.15) is 6.61 Å². The molecule has 34 heavy (non-hydrogen) atoms. The van der Waals surface area contributed by atoms with Crippen LogP contribution in [0, 0.1) is 16.7 Å². The Hall–Kier alpha value is -2.80. The van der Waals surface area contributed by atoms with E-state index in [-0.39, 0.29) is 38.3 Å². The molecule has 4 rings (SSSR count). The lowest BCUT2D eigenvalue weighted by Gasteiger charge is -2.42. The van der Waals surface area contributed by atoms with Gasteiger partial charge in [0.05, 0.1) is 29.6 Å². The van der Waals surface area contributed by atoms with Gasteiger partial charge >= 0.3 is 6.09 Å². The van der Waals surface area contributed by atoms with Gasteiger partial charge in [-0.1, -0.05) is 0 Å². The predicted molar refractivity (Wildman–Crippen MR) is 121 cm³/mol. The second-order valence-electron chi connectivity index (χ2n) is 11.0. The number of nitriles is 1. The smallest absolute Gasteiger partial charge is 0.407 e. The minimum absolute atomic E-state index is 0.0475. The van der Waals surface area contributed by atoms with Crippen LogP contribution in [0.3, 0.4) is 0 Å². The van der Waals surface area contributed by atoms with Crippen molar-refractivity contribution in [3.8, 4) is 6.07 Å². The number of ether oxygens (including phenoxy) is 1. The molecule has 2 aliphatic carbocycles. The number of imidazole rings is 1. The molecule has 2 aliphatic rings. The number of aromatic nitrogens is 3. The number of halogens is 2. The third kappa shape index (κ3) is 4.85. The van der Waals surface area contributed by atoms with Crippen molar-refractivity contribution in [2.45, 2.75) is 88.6 Å². The first-order valence-electron chi connectivity index (χ1n) is 11.7. The van der Waals surface area contributed by atoms with Crippen LogP contribution >= 0.6 is 0 Å². The number of nitrogens with one attached hydrogen (secondary N) is 1. The van der Waals surface area contributed by atoms with Gasteiger partial charge in [-0.15, -0.1) is 0 Å². The summed E-state index contributed by atoms with van der Waals surface area (Å²) in [6.45, 7) is 5.46. The number of carbonyl (C=O) groups excluding carboxylic acids is 1. The number of carbonyl (C=O) groups is 1. The second kappa shape index (κ2) is 8.45. The van der Waals surface area contributed by atoms with Crippen molar-refractivity contribution in [3.63, 3.8) is 0 Å². The van der Waals surface area contributed by atoms with E-state index in [4.69, 9.17) is 15.5 Å². The Morgan fingerprint density at radius 3 is 2.59 bits per heavy atom. The number of rotatable bonds is 5. The lowest BCUT2D eigenvalue weighted by molar-refractivity contribution is -0.0605. The second-order valence-corrected chi connectivity index (χ2v) is 11.0. The van der Waals surface area contributed by atoms with Crippen molar-refractivity contribution in [3.05, 3.63) is 29.7 Å². The number of alkyl halides is 2. The number of alkyl carbamates (subject to hydrolysis) is 1. The molecule has 0 aliphatic heterocycles. The number of amides is 1. The zero-order chi connectivity index (χ0) is 24.8. The van der Waals surface area contributed by atoms with Crippen LogP contribution in [0.4, 0.5) is 13.6 Å². The van der Waals surface area contributed by atoms with E-state index in [1.165, 1.54) is 0 Å². The summed E-state index contributed by atoms with van der Waals surface area (Å²) < 4.78 is 35.1. The van der Waals surface area contributed by atoms with E-state index < -0.39 is 28.4 Å². The molecule has 0 saturated heterocycles. The SMILES string of the molecule is CC(C)(C)NC(=O)OCC1(c2cn3ncc(C[C@@]4(C#N)CC[C@@H]4N)cc3n2)CCC(F)(F)CC1. The van der Waals surface area contributed by atoms with Crippen molar-refractivity contribution in [2.24, 2.45) is 11.1 Å². The Kier molecular flexibility index (Phi) is 6.05. The van der Waals surface area contributed by atoms with Crippen molar-refractivity contribution >= 4 is 11.7 Å². The van der Waals surface area contributed by atoms with Gasteiger partial charge in [-0.3, -0.25) is 0 Å². The average Bonchev–Trinajstić information content (AvgIpc) is 3.18. The standard InChI is InChI=1S/C24H32F2N6O2/c1-21(2,3)31-20(33)34-15-22(6-8-24(25,26)9-7-22)18-13-32-19(30-18)10-16(12-29-32)11-23(14-27)5-4-17(23)28/h10,12-13,17H,4-9,11,15,28H2,1-3H3,(H,31,33)/t17-,23+/m0/s1. The molecule has 184 valence electrons. The maximum Gasteiger partial charge on any atom is 0.407 e. The molecule has 2 atom stereocenters. The number of hydrogen-bond acceptors (Lipinski definition) is 6. The monoisotopic (exact) mass is 474 g/mol. The van der Waals surface area contributed by atoms with Crippen LogP contribution in [0.5, 0.6) is 0 Å². The fourth-order valence-corrected chi connectivity index (χ4v) is 4.80. The van der Waals surface area contributed by atoms with Gasteiger partial charge in [0.25, 0.3) is 0 Å². The van der Waals surface area contributed by atoms with E-state index in [2.05, 4.69) is 16.5 Å². The van der Waals surface area contributed by atoms with Gasteiger partial charge < -0.3 is 15.8 Å². The summed E-state index contributed by atoms with van der Waals surface area (Å²) in [5.74, 6) is -2.74. The minimum Gasteiger partial charge on any atom is -0.449 e. The molecule has 0 unspecified atom stereocenters.